The molecule has 0 amide bonds. The molecular weight excluding hydrogens is 254 g/mol. The average Bonchev–Trinajstić information content (AvgIpc) is 2.86. The van der Waals surface area contributed by atoms with E-state index in [4.69, 9.17) is 4.74 Å². The summed E-state index contributed by atoms with van der Waals surface area (Å²) in [6, 6.07) is 0. The van der Waals surface area contributed by atoms with Crippen molar-refractivity contribution in [3.05, 3.63) is 18.0 Å². The third-order valence-corrected chi connectivity index (χ3v) is 3.48. The molecule has 0 saturated heterocycles. The molecule has 1 heterocycles. The number of esters is 1. The summed E-state index contributed by atoms with van der Waals surface area (Å²) in [4.78, 5) is 11.9. The molecule has 1 aromatic heterocycles. The first-order chi connectivity index (χ1) is 9.51. The summed E-state index contributed by atoms with van der Waals surface area (Å²) in [7, 11) is 1.45. The van der Waals surface area contributed by atoms with Crippen molar-refractivity contribution in [2.75, 3.05) is 13.7 Å². The summed E-state index contributed by atoms with van der Waals surface area (Å²) < 4.78 is 6.86. The minimum absolute atomic E-state index is 0.180. The molecule has 0 bridgehead atoms. The Morgan fingerprint density at radius 3 is 2.80 bits per heavy atom. The van der Waals surface area contributed by atoms with Crippen molar-refractivity contribution >= 4 is 5.97 Å². The second kappa shape index (κ2) is 8.04. The Bertz CT molecular complexity index is 417. The largest absolute Gasteiger partial charge is 0.468 e. The zero-order valence-electron chi connectivity index (χ0n) is 13.1. The monoisotopic (exact) mass is 281 g/mol. The fraction of sp³-hybridized carbons (Fsp3) is 0.733. The van der Waals surface area contributed by atoms with Gasteiger partial charge in [0.2, 0.25) is 0 Å². The molecule has 0 aliphatic rings. The van der Waals surface area contributed by atoms with Gasteiger partial charge in [-0.25, -0.2) is 0 Å². The first-order valence-corrected chi connectivity index (χ1v) is 7.34. The van der Waals surface area contributed by atoms with Crippen LogP contribution in [0.5, 0.6) is 0 Å². The highest BCUT2D eigenvalue weighted by Crippen LogP contribution is 2.16. The quantitative estimate of drug-likeness (QED) is 0.557. The number of methoxy groups -OCH3 is 1. The molecule has 1 rings (SSSR count). The number of ether oxygens (including phenoxy) is 1. The van der Waals surface area contributed by atoms with Gasteiger partial charge in [-0.3, -0.25) is 9.48 Å². The number of carbonyl (C=O) groups is 1. The van der Waals surface area contributed by atoms with E-state index < -0.39 is 5.54 Å². The van der Waals surface area contributed by atoms with Crippen LogP contribution < -0.4 is 5.32 Å². The molecule has 1 N–H and O–H groups in total. The highest BCUT2D eigenvalue weighted by atomic mass is 16.5. The summed E-state index contributed by atoms with van der Waals surface area (Å²) in [6.07, 6.45) is 7.64. The topological polar surface area (TPSA) is 56.2 Å². The number of hydrogen-bond donors (Lipinski definition) is 1. The van der Waals surface area contributed by atoms with Crippen molar-refractivity contribution in [3.8, 4) is 0 Å². The van der Waals surface area contributed by atoms with Crippen molar-refractivity contribution in [2.24, 2.45) is 0 Å². The molecule has 0 spiro atoms. The Morgan fingerprint density at radius 2 is 2.25 bits per heavy atom. The van der Waals surface area contributed by atoms with Gasteiger partial charge in [0.15, 0.2) is 0 Å². The number of aromatic nitrogens is 2. The van der Waals surface area contributed by atoms with Crippen molar-refractivity contribution < 1.29 is 9.53 Å². The van der Waals surface area contributed by atoms with E-state index in [1.54, 1.807) is 0 Å². The van der Waals surface area contributed by atoms with Gasteiger partial charge in [0.25, 0.3) is 0 Å². The lowest BCUT2D eigenvalue weighted by Gasteiger charge is -2.28. The molecule has 0 aliphatic carbocycles. The standard InChI is InChI=1S/C15H27N3O2/c1-5-9-16-15(3,14(19)20-4)8-6-7-10-18-12-13(2)11-17-18/h11-12,16H,5-10H2,1-4H3. The van der Waals surface area contributed by atoms with E-state index in [0.717, 1.165) is 38.8 Å². The van der Waals surface area contributed by atoms with Gasteiger partial charge in [-0.15, -0.1) is 0 Å². The van der Waals surface area contributed by atoms with Gasteiger partial charge in [0, 0.05) is 12.7 Å². The number of hydrogen-bond acceptors (Lipinski definition) is 4. The third-order valence-electron chi connectivity index (χ3n) is 3.48. The van der Waals surface area contributed by atoms with Crippen LogP contribution in [0, 0.1) is 6.92 Å². The molecular formula is C15H27N3O2. The molecule has 0 aliphatic heterocycles. The lowest BCUT2D eigenvalue weighted by molar-refractivity contribution is -0.148. The van der Waals surface area contributed by atoms with Crippen molar-refractivity contribution in [3.63, 3.8) is 0 Å². The second-order valence-electron chi connectivity index (χ2n) is 5.49. The molecule has 0 fully saturated rings. The number of carbonyl (C=O) groups excluding carboxylic acids is 1. The maximum atomic E-state index is 11.9. The van der Waals surface area contributed by atoms with E-state index in [9.17, 15) is 4.79 Å². The van der Waals surface area contributed by atoms with Gasteiger partial charge in [0.1, 0.15) is 5.54 Å². The number of unbranched alkanes of at least 4 members (excludes halogenated alkanes) is 1. The smallest absolute Gasteiger partial charge is 0.325 e. The van der Waals surface area contributed by atoms with E-state index in [-0.39, 0.29) is 5.97 Å². The van der Waals surface area contributed by atoms with Gasteiger partial charge in [-0.1, -0.05) is 6.92 Å². The maximum absolute atomic E-state index is 11.9. The molecule has 0 aromatic carbocycles. The van der Waals surface area contributed by atoms with E-state index in [1.807, 2.05) is 30.9 Å². The SMILES string of the molecule is CCCNC(C)(CCCCn1cc(C)cn1)C(=O)OC. The number of nitrogens with one attached hydrogen (secondary N) is 1. The fourth-order valence-electron chi connectivity index (χ4n) is 2.23. The van der Waals surface area contributed by atoms with Crippen LogP contribution in [0.15, 0.2) is 12.4 Å². The number of rotatable bonds is 9. The fourth-order valence-corrected chi connectivity index (χ4v) is 2.23. The van der Waals surface area contributed by atoms with Crippen LogP contribution in [0.3, 0.4) is 0 Å². The first-order valence-electron chi connectivity index (χ1n) is 7.34. The Kier molecular flexibility index (Phi) is 6.71. The second-order valence-corrected chi connectivity index (χ2v) is 5.49. The molecule has 5 nitrogen and oxygen atoms in total. The summed E-state index contributed by atoms with van der Waals surface area (Å²) in [6.45, 7) is 7.76. The average molecular weight is 281 g/mol. The van der Waals surface area contributed by atoms with E-state index in [1.165, 1.54) is 12.7 Å². The normalized spacial score (nSPS) is 14.0. The lowest BCUT2D eigenvalue weighted by atomic mass is 9.94. The van der Waals surface area contributed by atoms with Crippen molar-refractivity contribution in [1.82, 2.24) is 15.1 Å². The summed E-state index contributed by atoms with van der Waals surface area (Å²) in [5.74, 6) is -0.180. The Balaban J connectivity index is 2.39. The Labute approximate surface area is 121 Å². The van der Waals surface area contributed by atoms with E-state index in [2.05, 4.69) is 17.3 Å². The van der Waals surface area contributed by atoms with E-state index >= 15 is 0 Å². The number of aryl methyl sites for hydroxylation is 2. The summed E-state index contributed by atoms with van der Waals surface area (Å²) in [5.41, 5.74) is 0.596. The molecule has 5 heteroatoms. The minimum atomic E-state index is -0.579. The van der Waals surface area contributed by atoms with Gasteiger partial charge in [0.05, 0.1) is 13.3 Å². The Hall–Kier alpha value is -1.36. The van der Waals surface area contributed by atoms with Crippen LogP contribution in [0.4, 0.5) is 0 Å². The van der Waals surface area contributed by atoms with Crippen molar-refractivity contribution in [1.29, 1.82) is 0 Å². The number of nitrogens with zero attached hydrogens (tertiary/aromatic N) is 2. The molecule has 20 heavy (non-hydrogen) atoms. The van der Waals surface area contributed by atoms with Gasteiger partial charge < -0.3 is 10.1 Å². The molecule has 0 radical (unpaired) electrons. The highest BCUT2D eigenvalue weighted by Gasteiger charge is 2.32. The molecule has 1 unspecified atom stereocenters. The van der Waals surface area contributed by atoms with Crippen LogP contribution in [-0.4, -0.2) is 34.9 Å². The zero-order chi connectivity index (χ0) is 15.0. The van der Waals surface area contributed by atoms with Crippen LogP contribution in [-0.2, 0) is 16.1 Å². The van der Waals surface area contributed by atoms with Crippen LogP contribution in [0.2, 0.25) is 0 Å². The third kappa shape index (κ3) is 4.96. The van der Waals surface area contributed by atoms with Crippen LogP contribution >= 0.6 is 0 Å². The predicted octanol–water partition coefficient (Wildman–Crippen LogP) is 2.29. The van der Waals surface area contributed by atoms with Crippen LogP contribution in [0.25, 0.3) is 0 Å². The van der Waals surface area contributed by atoms with E-state index in [0.29, 0.717) is 0 Å². The summed E-state index contributed by atoms with van der Waals surface area (Å²) in [5, 5.41) is 7.56. The van der Waals surface area contributed by atoms with Crippen LogP contribution in [0.1, 0.15) is 45.1 Å². The maximum Gasteiger partial charge on any atom is 0.325 e. The molecule has 0 saturated carbocycles. The summed E-state index contributed by atoms with van der Waals surface area (Å²) >= 11 is 0. The molecule has 1 aromatic rings. The zero-order valence-corrected chi connectivity index (χ0v) is 13.1. The van der Waals surface area contributed by atoms with Gasteiger partial charge in [-0.05, 0) is 51.6 Å². The lowest BCUT2D eigenvalue weighted by Crippen LogP contribution is -2.50. The Morgan fingerprint density at radius 1 is 1.50 bits per heavy atom. The highest BCUT2D eigenvalue weighted by molar-refractivity contribution is 5.80. The van der Waals surface area contributed by atoms with Gasteiger partial charge in [-0.2, -0.15) is 5.10 Å². The minimum Gasteiger partial charge on any atom is -0.468 e. The first kappa shape index (κ1) is 16.7. The predicted molar refractivity (Wildman–Crippen MR) is 79.5 cm³/mol. The van der Waals surface area contributed by atoms with Gasteiger partial charge >= 0.3 is 5.97 Å². The molecule has 1 atom stereocenters. The van der Waals surface area contributed by atoms with Crippen molar-refractivity contribution in [2.45, 2.75) is 58.5 Å². The molecule has 114 valence electrons.